The Morgan fingerprint density at radius 3 is 2.85 bits per heavy atom. The molecule has 3 nitrogen and oxygen atoms in total. The highest BCUT2D eigenvalue weighted by molar-refractivity contribution is 6.35. The molecule has 0 radical (unpaired) electrons. The van der Waals surface area contributed by atoms with Crippen LogP contribution in [0.1, 0.15) is 26.2 Å². The lowest BCUT2D eigenvalue weighted by atomic mass is 10.1. The van der Waals surface area contributed by atoms with Gasteiger partial charge in [-0.25, -0.2) is 0 Å². The Kier molecular flexibility index (Phi) is 5.97. The number of benzene rings is 1. The first-order valence-corrected chi connectivity index (χ1v) is 7.79. The molecule has 1 aliphatic carbocycles. The molecule has 0 spiro atoms. The fraction of sp³-hybridized carbons (Fsp3) is 0.600. The Hall–Kier alpha value is -0.480. The average Bonchev–Trinajstić information content (AvgIpc) is 2.81. The van der Waals surface area contributed by atoms with E-state index in [-0.39, 0.29) is 6.61 Å². The molecule has 0 saturated heterocycles. The molecule has 2 rings (SSSR count). The molecule has 0 aromatic heterocycles. The molecule has 3 unspecified atom stereocenters. The van der Waals surface area contributed by atoms with E-state index < -0.39 is 6.10 Å². The summed E-state index contributed by atoms with van der Waals surface area (Å²) < 4.78 is 5.51. The molecular weight excluding hydrogens is 297 g/mol. The predicted molar refractivity (Wildman–Crippen MR) is 82.8 cm³/mol. The van der Waals surface area contributed by atoms with Crippen LogP contribution in [-0.4, -0.2) is 30.4 Å². The fourth-order valence-electron chi connectivity index (χ4n) is 2.53. The van der Waals surface area contributed by atoms with Crippen molar-refractivity contribution in [3.63, 3.8) is 0 Å². The van der Waals surface area contributed by atoms with E-state index in [0.717, 1.165) is 5.92 Å². The van der Waals surface area contributed by atoms with E-state index in [1.807, 2.05) is 0 Å². The van der Waals surface area contributed by atoms with Crippen molar-refractivity contribution in [2.24, 2.45) is 5.92 Å². The second kappa shape index (κ2) is 7.51. The number of aliphatic hydroxyl groups is 1. The number of nitrogens with one attached hydrogen (secondary N) is 1. The molecule has 112 valence electrons. The van der Waals surface area contributed by atoms with Gasteiger partial charge in [-0.1, -0.05) is 30.1 Å². The van der Waals surface area contributed by atoms with Crippen molar-refractivity contribution in [3.8, 4) is 5.75 Å². The highest BCUT2D eigenvalue weighted by Gasteiger charge is 2.21. The van der Waals surface area contributed by atoms with Gasteiger partial charge in [-0.2, -0.15) is 0 Å². The largest absolute Gasteiger partial charge is 0.489 e. The van der Waals surface area contributed by atoms with Gasteiger partial charge >= 0.3 is 0 Å². The van der Waals surface area contributed by atoms with E-state index in [9.17, 15) is 5.11 Å². The highest BCUT2D eigenvalue weighted by atomic mass is 35.5. The molecule has 0 heterocycles. The van der Waals surface area contributed by atoms with Crippen LogP contribution in [0.3, 0.4) is 0 Å². The third-order valence-corrected chi connectivity index (χ3v) is 4.19. The zero-order valence-corrected chi connectivity index (χ0v) is 13.1. The second-order valence-electron chi connectivity index (χ2n) is 5.56. The van der Waals surface area contributed by atoms with Gasteiger partial charge in [0, 0.05) is 17.6 Å². The van der Waals surface area contributed by atoms with Gasteiger partial charge in [0.1, 0.15) is 18.5 Å². The van der Waals surface area contributed by atoms with Crippen molar-refractivity contribution in [2.75, 3.05) is 13.2 Å². The van der Waals surface area contributed by atoms with Crippen LogP contribution >= 0.6 is 23.2 Å². The molecule has 0 bridgehead atoms. The standard InChI is InChI=1S/C15H21Cl2NO2/c1-10-2-4-12(6-10)18-8-13(19)9-20-15-5-3-11(16)7-14(15)17/h3,5,7,10,12-13,18-19H,2,4,6,8-9H2,1H3. The summed E-state index contributed by atoms with van der Waals surface area (Å²) >= 11 is 11.8. The predicted octanol–water partition coefficient (Wildman–Crippen LogP) is 3.51. The van der Waals surface area contributed by atoms with Crippen LogP contribution in [-0.2, 0) is 0 Å². The summed E-state index contributed by atoms with van der Waals surface area (Å²) in [5, 5.41) is 14.3. The van der Waals surface area contributed by atoms with Crippen LogP contribution in [0.15, 0.2) is 18.2 Å². The number of ether oxygens (including phenoxy) is 1. The van der Waals surface area contributed by atoms with Gasteiger partial charge in [0.05, 0.1) is 5.02 Å². The van der Waals surface area contributed by atoms with Crippen molar-refractivity contribution in [1.29, 1.82) is 0 Å². The molecule has 1 aliphatic rings. The van der Waals surface area contributed by atoms with E-state index in [0.29, 0.717) is 28.4 Å². The number of hydrogen-bond donors (Lipinski definition) is 2. The van der Waals surface area contributed by atoms with Crippen LogP contribution in [0.4, 0.5) is 0 Å². The summed E-state index contributed by atoms with van der Waals surface area (Å²) in [5.41, 5.74) is 0. The lowest BCUT2D eigenvalue weighted by Gasteiger charge is -2.17. The van der Waals surface area contributed by atoms with Gasteiger partial charge in [0.15, 0.2) is 0 Å². The molecule has 5 heteroatoms. The van der Waals surface area contributed by atoms with Gasteiger partial charge in [0.2, 0.25) is 0 Å². The van der Waals surface area contributed by atoms with Gasteiger partial charge in [-0.05, 0) is 43.4 Å². The van der Waals surface area contributed by atoms with Crippen LogP contribution in [0, 0.1) is 5.92 Å². The van der Waals surface area contributed by atoms with E-state index in [1.165, 1.54) is 19.3 Å². The minimum atomic E-state index is -0.544. The smallest absolute Gasteiger partial charge is 0.138 e. The quantitative estimate of drug-likeness (QED) is 0.843. The molecule has 1 fully saturated rings. The van der Waals surface area contributed by atoms with E-state index in [4.69, 9.17) is 27.9 Å². The van der Waals surface area contributed by atoms with Crippen LogP contribution in [0.25, 0.3) is 0 Å². The van der Waals surface area contributed by atoms with Gasteiger partial charge < -0.3 is 15.2 Å². The zero-order valence-electron chi connectivity index (χ0n) is 11.6. The first-order valence-electron chi connectivity index (χ1n) is 7.04. The molecule has 0 amide bonds. The Balaban J connectivity index is 1.70. The normalized spacial score (nSPS) is 23.8. The molecule has 1 aromatic rings. The van der Waals surface area contributed by atoms with Crippen molar-refractivity contribution in [2.45, 2.75) is 38.3 Å². The summed E-state index contributed by atoms with van der Waals surface area (Å²) in [6.45, 7) is 3.03. The molecule has 0 aliphatic heterocycles. The second-order valence-corrected chi connectivity index (χ2v) is 6.41. The molecule has 1 saturated carbocycles. The minimum absolute atomic E-state index is 0.219. The Bertz CT molecular complexity index is 442. The van der Waals surface area contributed by atoms with Crippen LogP contribution in [0.5, 0.6) is 5.75 Å². The van der Waals surface area contributed by atoms with Crippen LogP contribution < -0.4 is 10.1 Å². The van der Waals surface area contributed by atoms with Crippen LogP contribution in [0.2, 0.25) is 10.0 Å². The first-order chi connectivity index (χ1) is 9.54. The highest BCUT2D eigenvalue weighted by Crippen LogP contribution is 2.27. The summed E-state index contributed by atoms with van der Waals surface area (Å²) in [6, 6.07) is 5.58. The van der Waals surface area contributed by atoms with Crippen molar-refractivity contribution < 1.29 is 9.84 Å². The summed E-state index contributed by atoms with van der Waals surface area (Å²) in [5.74, 6) is 1.33. The Morgan fingerprint density at radius 2 is 2.20 bits per heavy atom. The Morgan fingerprint density at radius 1 is 1.40 bits per heavy atom. The summed E-state index contributed by atoms with van der Waals surface area (Å²) in [7, 11) is 0. The number of rotatable bonds is 6. The number of halogens is 2. The van der Waals surface area contributed by atoms with E-state index >= 15 is 0 Å². The lowest BCUT2D eigenvalue weighted by Crippen LogP contribution is -2.36. The minimum Gasteiger partial charge on any atom is -0.489 e. The third-order valence-electron chi connectivity index (χ3n) is 3.66. The third kappa shape index (κ3) is 4.81. The Labute approximate surface area is 130 Å². The maximum absolute atomic E-state index is 9.93. The van der Waals surface area contributed by atoms with Gasteiger partial charge in [-0.15, -0.1) is 0 Å². The maximum Gasteiger partial charge on any atom is 0.138 e. The van der Waals surface area contributed by atoms with E-state index in [1.54, 1.807) is 18.2 Å². The van der Waals surface area contributed by atoms with Gasteiger partial charge in [0.25, 0.3) is 0 Å². The topological polar surface area (TPSA) is 41.5 Å². The molecule has 3 atom stereocenters. The monoisotopic (exact) mass is 317 g/mol. The molecular formula is C15H21Cl2NO2. The van der Waals surface area contributed by atoms with Gasteiger partial charge in [-0.3, -0.25) is 0 Å². The number of hydrogen-bond acceptors (Lipinski definition) is 3. The van der Waals surface area contributed by atoms with E-state index in [2.05, 4.69) is 12.2 Å². The summed E-state index contributed by atoms with van der Waals surface area (Å²) in [4.78, 5) is 0. The molecule has 2 N–H and O–H groups in total. The van der Waals surface area contributed by atoms with Crippen molar-refractivity contribution in [1.82, 2.24) is 5.32 Å². The zero-order chi connectivity index (χ0) is 14.5. The maximum atomic E-state index is 9.93. The number of aliphatic hydroxyl groups excluding tert-OH is 1. The SMILES string of the molecule is CC1CCC(NCC(O)COc2ccc(Cl)cc2Cl)C1. The molecule has 20 heavy (non-hydrogen) atoms. The lowest BCUT2D eigenvalue weighted by molar-refractivity contribution is 0.103. The fourth-order valence-corrected chi connectivity index (χ4v) is 3.00. The first kappa shape index (κ1) is 15.9. The summed E-state index contributed by atoms with van der Waals surface area (Å²) in [6.07, 6.45) is 3.11. The van der Waals surface area contributed by atoms with Crippen molar-refractivity contribution in [3.05, 3.63) is 28.2 Å². The van der Waals surface area contributed by atoms with Crippen molar-refractivity contribution >= 4 is 23.2 Å². The molecule has 1 aromatic carbocycles. The average molecular weight is 318 g/mol.